The molecule has 0 bridgehead atoms. The monoisotopic (exact) mass is 549 g/mol. The molecule has 3 N–H and O–H groups in total. The quantitative estimate of drug-likeness (QED) is 0.317. The molecular formula is C30H24FN7O3. The highest BCUT2D eigenvalue weighted by Crippen LogP contribution is 2.32. The van der Waals surface area contributed by atoms with Gasteiger partial charge in [-0.05, 0) is 42.1 Å². The number of amides is 1. The molecule has 11 heteroatoms. The zero-order valence-corrected chi connectivity index (χ0v) is 22.1. The first-order chi connectivity index (χ1) is 19.9. The molecule has 0 radical (unpaired) electrons. The third-order valence-corrected chi connectivity index (χ3v) is 6.86. The van der Waals surface area contributed by atoms with Crippen molar-refractivity contribution in [2.24, 2.45) is 0 Å². The Morgan fingerprint density at radius 2 is 1.85 bits per heavy atom. The highest BCUT2D eigenvalue weighted by molar-refractivity contribution is 6.04. The highest BCUT2D eigenvalue weighted by Gasteiger charge is 2.24. The normalized spacial score (nSPS) is 12.0. The molecule has 0 aliphatic rings. The Labute approximate surface area is 232 Å². The minimum Gasteiger partial charge on any atom is -0.481 e. The number of pyridine rings is 2. The van der Waals surface area contributed by atoms with Gasteiger partial charge < -0.3 is 15.8 Å². The van der Waals surface area contributed by atoms with Crippen molar-refractivity contribution in [3.8, 4) is 22.7 Å². The minimum absolute atomic E-state index is 0.0341. The number of hydrogen-bond acceptors (Lipinski definition) is 7. The molecule has 0 aliphatic heterocycles. The van der Waals surface area contributed by atoms with Crippen LogP contribution in [0, 0.1) is 5.82 Å². The van der Waals surface area contributed by atoms with Gasteiger partial charge in [-0.25, -0.2) is 18.9 Å². The number of nitrogens with one attached hydrogen (secondary N) is 1. The van der Waals surface area contributed by atoms with Crippen LogP contribution in [-0.2, 0) is 0 Å². The molecule has 10 nitrogen and oxygen atoms in total. The third-order valence-electron chi connectivity index (χ3n) is 6.86. The van der Waals surface area contributed by atoms with Crippen LogP contribution in [0.4, 0.5) is 10.2 Å². The molecule has 6 rings (SSSR count). The van der Waals surface area contributed by atoms with Crippen LogP contribution in [0.3, 0.4) is 0 Å². The van der Waals surface area contributed by atoms with Gasteiger partial charge in [0.25, 0.3) is 11.5 Å². The Bertz CT molecular complexity index is 2000. The SMILES string of the molecule is COc1cc(-c2cccc3cc(C(C)NC(=O)c4c(N)nn5cccnc45)n(-c4ccccc4)c(=O)c23)c(F)cn1. The Morgan fingerprint density at radius 1 is 1.05 bits per heavy atom. The molecule has 0 saturated carbocycles. The summed E-state index contributed by atoms with van der Waals surface area (Å²) in [5.74, 6) is -0.827. The number of nitrogens with zero attached hydrogens (tertiary/aromatic N) is 5. The van der Waals surface area contributed by atoms with Crippen molar-refractivity contribution in [1.29, 1.82) is 0 Å². The van der Waals surface area contributed by atoms with E-state index in [2.05, 4.69) is 20.4 Å². The maximum Gasteiger partial charge on any atom is 0.263 e. The largest absolute Gasteiger partial charge is 0.481 e. The zero-order chi connectivity index (χ0) is 28.7. The molecule has 0 fully saturated rings. The number of fused-ring (bicyclic) bond motifs is 2. The van der Waals surface area contributed by atoms with Crippen molar-refractivity contribution in [3.63, 3.8) is 0 Å². The maximum absolute atomic E-state index is 15.0. The van der Waals surface area contributed by atoms with E-state index in [9.17, 15) is 9.59 Å². The number of aromatic nitrogens is 5. The molecule has 1 atom stereocenters. The summed E-state index contributed by atoms with van der Waals surface area (Å²) in [6.45, 7) is 1.77. The van der Waals surface area contributed by atoms with Gasteiger partial charge in [-0.1, -0.05) is 36.4 Å². The van der Waals surface area contributed by atoms with Gasteiger partial charge >= 0.3 is 0 Å². The van der Waals surface area contributed by atoms with Crippen LogP contribution in [0.2, 0.25) is 0 Å². The Morgan fingerprint density at radius 3 is 2.63 bits per heavy atom. The lowest BCUT2D eigenvalue weighted by atomic mass is 9.98. The zero-order valence-electron chi connectivity index (χ0n) is 22.1. The smallest absolute Gasteiger partial charge is 0.263 e. The Balaban J connectivity index is 1.53. The van der Waals surface area contributed by atoms with Crippen molar-refractivity contribution in [1.82, 2.24) is 29.5 Å². The molecule has 6 aromatic rings. The van der Waals surface area contributed by atoms with Gasteiger partial charge in [-0.15, -0.1) is 5.10 Å². The van der Waals surface area contributed by atoms with E-state index in [-0.39, 0.29) is 28.4 Å². The number of benzene rings is 2. The van der Waals surface area contributed by atoms with E-state index in [1.807, 2.05) is 24.3 Å². The second-order valence-corrected chi connectivity index (χ2v) is 9.36. The molecule has 4 heterocycles. The summed E-state index contributed by atoms with van der Waals surface area (Å²) in [7, 11) is 1.44. The van der Waals surface area contributed by atoms with Gasteiger partial charge in [0.2, 0.25) is 5.88 Å². The molecule has 0 saturated heterocycles. The number of para-hydroxylation sites is 1. The first-order valence-electron chi connectivity index (χ1n) is 12.7. The summed E-state index contributed by atoms with van der Waals surface area (Å²) in [5, 5.41) is 7.99. The number of anilines is 1. The second kappa shape index (κ2) is 10.2. The predicted octanol–water partition coefficient (Wildman–Crippen LogP) is 4.32. The van der Waals surface area contributed by atoms with E-state index in [1.54, 1.807) is 55.7 Å². The lowest BCUT2D eigenvalue weighted by Gasteiger charge is -2.21. The number of nitrogen functional groups attached to an aromatic ring is 1. The molecule has 1 amide bonds. The van der Waals surface area contributed by atoms with E-state index in [1.165, 1.54) is 22.3 Å². The van der Waals surface area contributed by atoms with E-state index < -0.39 is 17.8 Å². The first kappa shape index (κ1) is 25.7. The molecule has 0 aliphatic carbocycles. The summed E-state index contributed by atoms with van der Waals surface area (Å²) >= 11 is 0. The highest BCUT2D eigenvalue weighted by atomic mass is 19.1. The number of rotatable bonds is 6. The van der Waals surface area contributed by atoms with Crippen LogP contribution in [0.5, 0.6) is 5.88 Å². The van der Waals surface area contributed by atoms with Crippen molar-refractivity contribution < 1.29 is 13.9 Å². The summed E-state index contributed by atoms with van der Waals surface area (Å²) in [6, 6.07) is 18.5. The fourth-order valence-electron chi connectivity index (χ4n) is 4.97. The number of methoxy groups -OCH3 is 1. The van der Waals surface area contributed by atoms with Crippen molar-refractivity contribution >= 4 is 28.1 Å². The topological polar surface area (TPSA) is 129 Å². The number of ether oxygens (including phenoxy) is 1. The van der Waals surface area contributed by atoms with Crippen LogP contribution in [0.15, 0.2) is 90.1 Å². The van der Waals surface area contributed by atoms with Crippen LogP contribution in [0.25, 0.3) is 33.2 Å². The van der Waals surface area contributed by atoms with Crippen molar-refractivity contribution in [2.75, 3.05) is 12.8 Å². The molecule has 2 aromatic carbocycles. The van der Waals surface area contributed by atoms with Gasteiger partial charge in [-0.3, -0.25) is 14.2 Å². The lowest BCUT2D eigenvalue weighted by Crippen LogP contribution is -2.32. The van der Waals surface area contributed by atoms with Gasteiger partial charge in [0.1, 0.15) is 11.4 Å². The number of nitrogens with two attached hydrogens (primary N) is 1. The predicted molar refractivity (Wildman–Crippen MR) is 153 cm³/mol. The minimum atomic E-state index is -0.653. The fourth-order valence-corrected chi connectivity index (χ4v) is 4.97. The maximum atomic E-state index is 15.0. The van der Waals surface area contributed by atoms with E-state index in [0.717, 1.165) is 6.20 Å². The lowest BCUT2D eigenvalue weighted by molar-refractivity contribution is 0.0941. The summed E-state index contributed by atoms with van der Waals surface area (Å²) in [4.78, 5) is 35.9. The van der Waals surface area contributed by atoms with Crippen LogP contribution in [-0.4, -0.2) is 37.2 Å². The van der Waals surface area contributed by atoms with E-state index >= 15 is 4.39 Å². The van der Waals surface area contributed by atoms with Crippen LogP contribution < -0.4 is 21.3 Å². The average molecular weight is 550 g/mol. The van der Waals surface area contributed by atoms with Gasteiger partial charge in [0.05, 0.1) is 24.7 Å². The molecule has 41 heavy (non-hydrogen) atoms. The van der Waals surface area contributed by atoms with Crippen molar-refractivity contribution in [2.45, 2.75) is 13.0 Å². The standard InChI is InChI=1S/C30H24FN7O3/c1-17(35-29(39)26-27(32)36-37-13-7-12-33-28(26)37)23-14-18-8-6-11-20(21-15-24(41-2)34-16-22(21)31)25(18)30(40)38(23)19-9-4-3-5-10-19/h3-17H,1-2H3,(H2,32,36)(H,35,39). The molecule has 204 valence electrons. The fraction of sp³-hybridized carbons (Fsp3) is 0.100. The van der Waals surface area contributed by atoms with E-state index in [4.69, 9.17) is 10.5 Å². The summed E-state index contributed by atoms with van der Waals surface area (Å²) in [6.07, 6.45) is 4.26. The number of carbonyl (C=O) groups is 1. The molecule has 1 unspecified atom stereocenters. The Hall–Kier alpha value is -5.58. The number of carbonyl (C=O) groups excluding carboxylic acids is 1. The van der Waals surface area contributed by atoms with Gasteiger partial charge in [0.15, 0.2) is 11.5 Å². The third kappa shape index (κ3) is 4.42. The van der Waals surface area contributed by atoms with Crippen molar-refractivity contribution in [3.05, 3.63) is 113 Å². The number of halogens is 1. The average Bonchev–Trinajstić information content (AvgIpc) is 3.33. The van der Waals surface area contributed by atoms with E-state index in [0.29, 0.717) is 33.4 Å². The van der Waals surface area contributed by atoms with Gasteiger partial charge in [-0.2, -0.15) is 0 Å². The van der Waals surface area contributed by atoms with Crippen LogP contribution in [0.1, 0.15) is 29.0 Å². The summed E-state index contributed by atoms with van der Waals surface area (Å²) < 4.78 is 23.2. The molecule has 4 aromatic heterocycles. The second-order valence-electron chi connectivity index (χ2n) is 9.36. The number of hydrogen-bond donors (Lipinski definition) is 2. The molecular weight excluding hydrogens is 525 g/mol. The first-order valence-corrected chi connectivity index (χ1v) is 12.7. The summed E-state index contributed by atoms with van der Waals surface area (Å²) in [5.41, 5.74) is 7.79. The Kier molecular flexibility index (Phi) is 6.38. The van der Waals surface area contributed by atoms with Crippen LogP contribution >= 0.6 is 0 Å². The van der Waals surface area contributed by atoms with Gasteiger partial charge in [0, 0.05) is 35.4 Å². The molecule has 0 spiro atoms.